The molecule has 0 spiro atoms. The van der Waals surface area contributed by atoms with E-state index in [1.807, 2.05) is 41.5 Å². The van der Waals surface area contributed by atoms with E-state index < -0.39 is 11.2 Å². The Labute approximate surface area is 273 Å². The second-order valence-electron chi connectivity index (χ2n) is 14.3. The summed E-state index contributed by atoms with van der Waals surface area (Å²) in [6.45, 7) is 17.5. The molecule has 3 aliphatic rings. The van der Waals surface area contributed by atoms with Crippen molar-refractivity contribution in [2.24, 2.45) is 0 Å². The first-order valence-electron chi connectivity index (χ1n) is 16.7. The van der Waals surface area contributed by atoms with Gasteiger partial charge in [-0.3, -0.25) is 9.69 Å². The molecule has 0 unspecified atom stereocenters. The highest BCUT2D eigenvalue weighted by Gasteiger charge is 2.35. The van der Waals surface area contributed by atoms with Crippen LogP contribution in [0.25, 0.3) is 0 Å². The Balaban J connectivity index is 1.33. The van der Waals surface area contributed by atoms with E-state index in [4.69, 9.17) is 28.9 Å². The predicted octanol–water partition coefficient (Wildman–Crippen LogP) is 3.44. The Morgan fingerprint density at radius 2 is 1.80 bits per heavy atom. The summed E-state index contributed by atoms with van der Waals surface area (Å²) in [6, 6.07) is 2.57. The molecule has 46 heavy (non-hydrogen) atoms. The zero-order valence-corrected chi connectivity index (χ0v) is 28.6. The lowest BCUT2D eigenvalue weighted by atomic mass is 10.0. The zero-order valence-electron chi connectivity index (χ0n) is 28.6. The number of nitrogens with one attached hydrogen (secondary N) is 1. The van der Waals surface area contributed by atoms with Crippen LogP contribution in [0, 0.1) is 11.3 Å². The molecule has 0 radical (unpaired) electrons. The van der Waals surface area contributed by atoms with Crippen LogP contribution in [0.2, 0.25) is 0 Å². The number of ether oxygens (including phenoxy) is 4. The number of piperazine rings is 1. The van der Waals surface area contributed by atoms with E-state index in [-0.39, 0.29) is 37.0 Å². The smallest absolute Gasteiger partial charge is 0.410 e. The van der Waals surface area contributed by atoms with E-state index in [0.29, 0.717) is 52.0 Å². The summed E-state index contributed by atoms with van der Waals surface area (Å²) < 4.78 is 22.9. The molecule has 1 N–H and O–H groups in total. The number of aromatic nitrogens is 2. The third-order valence-electron chi connectivity index (χ3n) is 8.14. The molecule has 0 aliphatic carbocycles. The van der Waals surface area contributed by atoms with Crippen molar-refractivity contribution in [2.75, 3.05) is 64.0 Å². The number of rotatable bonds is 12. The van der Waals surface area contributed by atoms with Crippen LogP contribution in [0.3, 0.4) is 0 Å². The van der Waals surface area contributed by atoms with Crippen molar-refractivity contribution in [3.63, 3.8) is 0 Å². The largest absolute Gasteiger partial charge is 0.462 e. The van der Waals surface area contributed by atoms with Crippen LogP contribution in [-0.2, 0) is 32.0 Å². The van der Waals surface area contributed by atoms with E-state index in [0.717, 1.165) is 62.4 Å². The number of fused-ring (bicyclic) bond motifs is 1. The molecule has 13 nitrogen and oxygen atoms in total. The minimum atomic E-state index is -0.609. The topological polar surface area (TPSA) is 142 Å². The number of nitriles is 1. The van der Waals surface area contributed by atoms with Gasteiger partial charge in [0.05, 0.1) is 37.3 Å². The second-order valence-corrected chi connectivity index (χ2v) is 14.3. The minimum Gasteiger partial charge on any atom is -0.462 e. The maximum atomic E-state index is 12.9. The Morgan fingerprint density at radius 3 is 2.54 bits per heavy atom. The minimum absolute atomic E-state index is 0.209. The van der Waals surface area contributed by atoms with Crippen LogP contribution in [0.5, 0.6) is 6.01 Å². The predicted molar refractivity (Wildman–Crippen MR) is 173 cm³/mol. The SMILES string of the molecule is CC(C)(C)OC(=O)CCOCCCN1CCC[C@H]1COc1nc2c(c(N3CCN(C(=O)OC(C)(C)C)[C@@H](CC#N)C3)n1)CCNC2. The van der Waals surface area contributed by atoms with Gasteiger partial charge in [-0.25, -0.2) is 4.79 Å². The highest BCUT2D eigenvalue weighted by atomic mass is 16.6. The molecule has 256 valence electrons. The van der Waals surface area contributed by atoms with Crippen molar-refractivity contribution in [3.8, 4) is 12.1 Å². The van der Waals surface area contributed by atoms with Crippen molar-refractivity contribution in [1.29, 1.82) is 5.26 Å². The first-order valence-corrected chi connectivity index (χ1v) is 16.7. The average Bonchev–Trinajstić information content (AvgIpc) is 3.43. The van der Waals surface area contributed by atoms with E-state index in [9.17, 15) is 14.9 Å². The lowest BCUT2D eigenvalue weighted by Crippen LogP contribution is -2.56. The lowest BCUT2D eigenvalue weighted by molar-refractivity contribution is -0.156. The van der Waals surface area contributed by atoms with Crippen LogP contribution in [-0.4, -0.2) is 114 Å². The monoisotopic (exact) mass is 643 g/mol. The molecule has 1 aromatic rings. The van der Waals surface area contributed by atoms with Gasteiger partial charge in [-0.1, -0.05) is 0 Å². The van der Waals surface area contributed by atoms with Crippen LogP contribution in [0.15, 0.2) is 0 Å². The fraction of sp³-hybridized carbons (Fsp3) is 0.788. The average molecular weight is 644 g/mol. The fourth-order valence-electron chi connectivity index (χ4n) is 6.10. The maximum Gasteiger partial charge on any atom is 0.410 e. The Bertz CT molecular complexity index is 1220. The van der Waals surface area contributed by atoms with Gasteiger partial charge in [0.15, 0.2) is 0 Å². The van der Waals surface area contributed by atoms with Gasteiger partial charge in [0, 0.05) is 50.9 Å². The Hall–Kier alpha value is -3.21. The molecule has 13 heteroatoms. The number of amides is 1. The first-order chi connectivity index (χ1) is 21.8. The maximum absolute atomic E-state index is 12.9. The lowest BCUT2D eigenvalue weighted by Gasteiger charge is -2.42. The number of nitrogens with zero attached hydrogens (tertiary/aromatic N) is 6. The third-order valence-corrected chi connectivity index (χ3v) is 8.14. The van der Waals surface area contributed by atoms with E-state index in [1.165, 1.54) is 0 Å². The molecule has 2 saturated heterocycles. The number of esters is 1. The van der Waals surface area contributed by atoms with Gasteiger partial charge >= 0.3 is 18.1 Å². The van der Waals surface area contributed by atoms with E-state index >= 15 is 0 Å². The van der Waals surface area contributed by atoms with E-state index in [1.54, 1.807) is 4.90 Å². The molecular weight excluding hydrogens is 590 g/mol. The Kier molecular flexibility index (Phi) is 12.4. The van der Waals surface area contributed by atoms with Gasteiger partial charge in [-0.2, -0.15) is 15.2 Å². The van der Waals surface area contributed by atoms with Gasteiger partial charge in [0.2, 0.25) is 0 Å². The number of carbonyl (C=O) groups excluding carboxylic acids is 2. The summed E-state index contributed by atoms with van der Waals surface area (Å²) in [6.07, 6.45) is 3.90. The van der Waals surface area contributed by atoms with Crippen LogP contribution >= 0.6 is 0 Å². The molecule has 4 rings (SSSR count). The van der Waals surface area contributed by atoms with Gasteiger partial charge in [0.25, 0.3) is 0 Å². The summed E-state index contributed by atoms with van der Waals surface area (Å²) in [7, 11) is 0. The summed E-state index contributed by atoms with van der Waals surface area (Å²) in [5, 5.41) is 13.0. The van der Waals surface area contributed by atoms with Crippen molar-refractivity contribution in [2.45, 2.75) is 110 Å². The molecular formula is C33H53N7O6. The summed E-state index contributed by atoms with van der Waals surface area (Å²) >= 11 is 0. The molecule has 0 aromatic carbocycles. The number of anilines is 1. The molecule has 1 aromatic heterocycles. The number of hydrogen-bond donors (Lipinski definition) is 1. The summed E-state index contributed by atoms with van der Waals surface area (Å²) in [5.41, 5.74) is 0.945. The highest BCUT2D eigenvalue weighted by Crippen LogP contribution is 2.30. The van der Waals surface area contributed by atoms with Gasteiger partial charge in [0.1, 0.15) is 23.6 Å². The van der Waals surface area contributed by atoms with Crippen molar-refractivity contribution >= 4 is 17.9 Å². The second kappa shape index (κ2) is 16.1. The first kappa shape index (κ1) is 35.6. The summed E-state index contributed by atoms with van der Waals surface area (Å²) in [5.74, 6) is 0.595. The van der Waals surface area contributed by atoms with Gasteiger partial charge in [-0.15, -0.1) is 0 Å². The number of carbonyl (C=O) groups is 2. The molecule has 4 heterocycles. The molecule has 1 amide bonds. The number of likely N-dealkylation sites (tertiary alicyclic amines) is 1. The zero-order chi connectivity index (χ0) is 33.3. The molecule has 0 saturated carbocycles. The molecule has 2 atom stereocenters. The van der Waals surface area contributed by atoms with Crippen LogP contribution in [0.4, 0.5) is 10.6 Å². The standard InChI is InChI=1S/C33H53N7O6/c1-32(2,3)45-28(41)12-20-43-19-8-16-38-15-7-9-25(38)23-44-30-36-27-21-35-14-11-26(27)29(37-30)39-17-18-40(24(22-39)10-13-34)31(42)46-33(4,5)6/h24-25,35H,7-12,14-23H2,1-6H3/t24-,25-/m0/s1. The van der Waals surface area contributed by atoms with Crippen molar-refractivity contribution in [3.05, 3.63) is 11.3 Å². The van der Waals surface area contributed by atoms with Gasteiger partial charge < -0.3 is 34.1 Å². The fourth-order valence-corrected chi connectivity index (χ4v) is 6.10. The normalized spacial score (nSPS) is 20.6. The molecule has 3 aliphatic heterocycles. The van der Waals surface area contributed by atoms with E-state index in [2.05, 4.69) is 21.2 Å². The Morgan fingerprint density at radius 1 is 1.02 bits per heavy atom. The van der Waals surface area contributed by atoms with Crippen molar-refractivity contribution < 1.29 is 28.5 Å². The van der Waals surface area contributed by atoms with Crippen molar-refractivity contribution in [1.82, 2.24) is 25.1 Å². The molecule has 2 fully saturated rings. The van der Waals surface area contributed by atoms with Gasteiger partial charge in [-0.05, 0) is 80.3 Å². The summed E-state index contributed by atoms with van der Waals surface area (Å²) in [4.78, 5) is 40.8. The highest BCUT2D eigenvalue weighted by molar-refractivity contribution is 5.70. The number of hydrogen-bond acceptors (Lipinski definition) is 12. The molecule has 0 bridgehead atoms. The van der Waals surface area contributed by atoms with Crippen LogP contribution in [0.1, 0.15) is 84.9 Å². The van der Waals surface area contributed by atoms with Crippen LogP contribution < -0.4 is 15.0 Å². The third kappa shape index (κ3) is 10.7. The quantitative estimate of drug-likeness (QED) is 0.263.